The second-order valence-electron chi connectivity index (χ2n) is 36.2. The standard InChI is InChI=1S/C17H20.C16H18.2C14H16.C13H16.C11H16O.C11H16.C10H20.C7H12N2/c1-14(2)8-9-15-10-12-17(13-11-15)16-6-4-3-5-7-16;1-13(2)12-14-8-10-16(11-9-14)15-6-4-3-5-7-15;1-11(2)10-13-8-5-7-12-6-3-4-9-14(12)13;1-11(2)9-12-7-8-13-5-3-4-6-14(13)10-12;1-10(2)9-12-8-7-11-5-3-4-6-13(11)12;1-9(2)3-4-10-5-7-11(12)8-6-10;1-10(2)8-9-11-6-4-3-5-7-11;1-9(2)8-10-6-4-3-5-7-10;1-6(2)3-7-4-8-5-9-7/h3-7,10-14H,8-9H2,1-2H3;3-11,13H,12H2,1-2H3;3-9,11H,10H2,1-2H3;3-8,10-11H,9H2,1-2H3;3-6,8,10H,7,9H2,1-2H3;5-9,12H,3-4H2,1-2H3;3-7,10H,8-9H2,1-2H3;9-10H,3-8H2,1-2H3;4-6H,3H2,1-2H3,(H,8,9). The third kappa shape index (κ3) is 40.0. The Bertz CT molecular complexity index is 4480. The molecule has 0 unspecified atom stereocenters. The molecule has 1 aromatic heterocycles. The average Bonchev–Trinajstić information content (AvgIpc) is 0.967. The fraction of sp³-hybridized carbons (Fsp3) is 0.407. The van der Waals surface area contributed by atoms with Gasteiger partial charge in [-0.3, -0.25) is 0 Å². The van der Waals surface area contributed by atoms with Gasteiger partial charge in [-0.25, -0.2) is 4.98 Å². The number of nitrogens with one attached hydrogen (secondary N) is 1. The molecular formula is C113H150N2O. The van der Waals surface area contributed by atoms with Crippen LogP contribution in [0.3, 0.4) is 0 Å². The van der Waals surface area contributed by atoms with Crippen LogP contribution in [0.1, 0.15) is 239 Å². The number of nitrogens with zero attached hydrogens (tertiary/aromatic N) is 1. The van der Waals surface area contributed by atoms with E-state index in [9.17, 15) is 0 Å². The van der Waals surface area contributed by atoms with Crippen LogP contribution in [0.5, 0.6) is 5.75 Å². The van der Waals surface area contributed by atoms with Gasteiger partial charge in [-0.1, -0.05) is 424 Å². The third-order valence-corrected chi connectivity index (χ3v) is 20.8. The number of H-pyrrole nitrogens is 1. The smallest absolute Gasteiger partial charge is 0.115 e. The SMILES string of the molecule is CC(C)CC1=CCc2ccccc21.CC(C)CC1CCCCC1.CC(C)CCc1ccc(-c2ccccc2)cc1.CC(C)CCc1ccc(O)cc1.CC(C)CCc1ccccc1.CC(C)Cc1ccc(-c2ccccc2)cc1.CC(C)Cc1ccc2ccccc2c1.CC(C)Cc1cccc2ccccc12.CC(C)Cc1cnc[nH]1. The third-order valence-electron chi connectivity index (χ3n) is 20.8. The van der Waals surface area contributed by atoms with Crippen LogP contribution >= 0.6 is 0 Å². The van der Waals surface area contributed by atoms with E-state index in [1.807, 2.05) is 18.3 Å². The Labute approximate surface area is 706 Å². The van der Waals surface area contributed by atoms with E-state index in [0.29, 0.717) is 11.7 Å². The number of phenolic OH excluding ortho intramolecular Hbond substituents is 1. The van der Waals surface area contributed by atoms with Crippen LogP contribution in [0.15, 0.2) is 292 Å². The molecule has 2 N–H and O–H groups in total. The lowest BCUT2D eigenvalue weighted by molar-refractivity contribution is 0.305. The number of fused-ring (bicyclic) bond motifs is 3. The van der Waals surface area contributed by atoms with E-state index in [1.54, 1.807) is 24.0 Å². The number of aromatic amines is 1. The zero-order valence-corrected chi connectivity index (χ0v) is 75.1. The van der Waals surface area contributed by atoms with Crippen LogP contribution in [0.4, 0.5) is 0 Å². The summed E-state index contributed by atoms with van der Waals surface area (Å²) < 4.78 is 0. The Hall–Kier alpha value is -9.31. The Balaban J connectivity index is 0.000000204. The molecule has 618 valence electrons. The summed E-state index contributed by atoms with van der Waals surface area (Å²) >= 11 is 0. The summed E-state index contributed by atoms with van der Waals surface area (Å²) in [4.78, 5) is 6.98. The predicted molar refractivity (Wildman–Crippen MR) is 512 cm³/mol. The van der Waals surface area contributed by atoms with Gasteiger partial charge >= 0.3 is 0 Å². The molecule has 3 heteroatoms. The van der Waals surface area contributed by atoms with Gasteiger partial charge in [-0.15, -0.1) is 0 Å². The van der Waals surface area contributed by atoms with Gasteiger partial charge in [0.25, 0.3) is 0 Å². The largest absolute Gasteiger partial charge is 0.508 e. The lowest BCUT2D eigenvalue weighted by Crippen LogP contribution is -2.08. The van der Waals surface area contributed by atoms with Crippen molar-refractivity contribution in [3.05, 3.63) is 342 Å². The van der Waals surface area contributed by atoms with E-state index in [1.165, 1.54) is 184 Å². The first kappa shape index (κ1) is 95.5. The number of aromatic nitrogens is 2. The maximum atomic E-state index is 9.03. The zero-order valence-electron chi connectivity index (χ0n) is 75.1. The van der Waals surface area contributed by atoms with Crippen LogP contribution in [0.2, 0.25) is 0 Å². The minimum atomic E-state index is 0.350. The summed E-state index contributed by atoms with van der Waals surface area (Å²) in [5.74, 6) is 8.35. The molecular weight excluding hydrogens is 1400 g/mol. The number of phenols is 1. The number of aryl methyl sites for hydroxylation is 3. The van der Waals surface area contributed by atoms with Gasteiger partial charge in [0.05, 0.1) is 6.33 Å². The molecule has 14 rings (SSSR count). The van der Waals surface area contributed by atoms with Crippen molar-refractivity contribution in [1.29, 1.82) is 0 Å². The number of allylic oxidation sites excluding steroid dienone is 2. The van der Waals surface area contributed by atoms with E-state index in [-0.39, 0.29) is 0 Å². The second-order valence-corrected chi connectivity index (χ2v) is 36.2. The highest BCUT2D eigenvalue weighted by atomic mass is 16.3. The maximum Gasteiger partial charge on any atom is 0.115 e. The topological polar surface area (TPSA) is 48.9 Å². The monoisotopic (exact) mass is 1550 g/mol. The Morgan fingerprint density at radius 3 is 1.26 bits per heavy atom. The molecule has 0 amide bonds. The summed E-state index contributed by atoms with van der Waals surface area (Å²) in [5, 5.41) is 14.5. The number of benzene rings is 11. The molecule has 116 heavy (non-hydrogen) atoms. The van der Waals surface area contributed by atoms with Gasteiger partial charge in [0.2, 0.25) is 0 Å². The molecule has 0 aliphatic heterocycles. The lowest BCUT2D eigenvalue weighted by Gasteiger charge is -2.22. The van der Waals surface area contributed by atoms with Gasteiger partial charge in [-0.05, 0) is 249 Å². The molecule has 1 saturated carbocycles. The Morgan fingerprint density at radius 2 is 0.759 bits per heavy atom. The summed E-state index contributed by atoms with van der Waals surface area (Å²) in [5.41, 5.74) is 19.5. The van der Waals surface area contributed by atoms with E-state index in [4.69, 9.17) is 5.11 Å². The number of aromatic hydroxyl groups is 1. The van der Waals surface area contributed by atoms with Gasteiger partial charge in [-0.2, -0.15) is 0 Å². The van der Waals surface area contributed by atoms with Gasteiger partial charge < -0.3 is 10.1 Å². The summed E-state index contributed by atoms with van der Waals surface area (Å²) in [6.07, 6.45) is 29.2. The van der Waals surface area contributed by atoms with Gasteiger partial charge in [0.15, 0.2) is 0 Å². The minimum Gasteiger partial charge on any atom is -0.508 e. The van der Waals surface area contributed by atoms with E-state index in [2.05, 4.69) is 389 Å². The van der Waals surface area contributed by atoms with Crippen molar-refractivity contribution in [2.45, 2.75) is 240 Å². The summed E-state index contributed by atoms with van der Waals surface area (Å²) in [6.45, 7) is 40.7. The van der Waals surface area contributed by atoms with E-state index in [0.717, 1.165) is 78.9 Å². The Kier molecular flexibility index (Phi) is 44.9. The molecule has 3 nitrogen and oxygen atoms in total. The van der Waals surface area contributed by atoms with Crippen molar-refractivity contribution in [2.24, 2.45) is 59.2 Å². The fourth-order valence-corrected chi connectivity index (χ4v) is 14.8. The lowest BCUT2D eigenvalue weighted by atomic mass is 9.84. The van der Waals surface area contributed by atoms with Crippen molar-refractivity contribution >= 4 is 27.1 Å². The molecule has 0 atom stereocenters. The van der Waals surface area contributed by atoms with Crippen LogP contribution < -0.4 is 0 Å². The van der Waals surface area contributed by atoms with Gasteiger partial charge in [0.1, 0.15) is 5.75 Å². The van der Waals surface area contributed by atoms with Crippen molar-refractivity contribution in [3.63, 3.8) is 0 Å². The van der Waals surface area contributed by atoms with Crippen molar-refractivity contribution < 1.29 is 5.11 Å². The molecule has 1 heterocycles. The zero-order chi connectivity index (χ0) is 83.8. The van der Waals surface area contributed by atoms with Crippen molar-refractivity contribution in [3.8, 4) is 28.0 Å². The molecule has 12 aromatic rings. The Morgan fingerprint density at radius 1 is 0.336 bits per heavy atom. The highest BCUT2D eigenvalue weighted by Crippen LogP contribution is 2.33. The predicted octanol–water partition coefficient (Wildman–Crippen LogP) is 32.7. The number of rotatable bonds is 23. The quantitative estimate of drug-likeness (QED) is 0.0671. The summed E-state index contributed by atoms with van der Waals surface area (Å²) in [6, 6.07) is 96.3. The highest BCUT2D eigenvalue weighted by molar-refractivity contribution is 5.86. The molecule has 0 radical (unpaired) electrons. The highest BCUT2D eigenvalue weighted by Gasteiger charge is 2.16. The molecule has 1 fully saturated rings. The first-order valence-corrected chi connectivity index (χ1v) is 44.6. The van der Waals surface area contributed by atoms with Crippen molar-refractivity contribution in [2.75, 3.05) is 0 Å². The minimum absolute atomic E-state index is 0.350. The summed E-state index contributed by atoms with van der Waals surface area (Å²) in [7, 11) is 0. The first-order valence-electron chi connectivity index (χ1n) is 44.6. The van der Waals surface area contributed by atoms with E-state index >= 15 is 0 Å². The van der Waals surface area contributed by atoms with Crippen LogP contribution in [-0.2, 0) is 51.4 Å². The van der Waals surface area contributed by atoms with Crippen LogP contribution in [-0.4, -0.2) is 15.1 Å². The average molecular weight is 1550 g/mol. The molecule has 0 spiro atoms. The fourth-order valence-electron chi connectivity index (χ4n) is 14.8. The second kappa shape index (κ2) is 54.6. The maximum absolute atomic E-state index is 9.03. The van der Waals surface area contributed by atoms with Gasteiger partial charge in [0, 0.05) is 11.9 Å². The van der Waals surface area contributed by atoms with Crippen LogP contribution in [0, 0.1) is 59.2 Å². The van der Waals surface area contributed by atoms with Crippen molar-refractivity contribution in [1.82, 2.24) is 9.97 Å². The molecule has 2 aliphatic rings. The number of imidazole rings is 1. The molecule has 11 aromatic carbocycles. The van der Waals surface area contributed by atoms with E-state index < -0.39 is 0 Å². The molecule has 0 saturated heterocycles. The first-order chi connectivity index (χ1) is 55.8. The number of hydrogen-bond acceptors (Lipinski definition) is 2. The molecule has 0 bridgehead atoms. The number of hydrogen-bond donors (Lipinski definition) is 2. The normalized spacial score (nSPS) is 12.1. The van der Waals surface area contributed by atoms with Crippen LogP contribution in [0.25, 0.3) is 49.4 Å². The molecule has 2 aliphatic carbocycles.